The Hall–Kier alpha value is -2.88. The molecule has 3 N–H and O–H groups in total. The molecule has 0 spiro atoms. The van der Waals surface area contributed by atoms with Crippen LogP contribution in [0.25, 0.3) is 0 Å². The molecular weight excluding hydrogens is 384 g/mol. The van der Waals surface area contributed by atoms with Gasteiger partial charge in [-0.15, -0.1) is 0 Å². The molecule has 0 fully saturated rings. The molecule has 0 saturated heterocycles. The van der Waals surface area contributed by atoms with Gasteiger partial charge in [-0.3, -0.25) is 19.3 Å². The number of nitrogens with one attached hydrogen (secondary N) is 3. The fourth-order valence-corrected chi connectivity index (χ4v) is 3.60. The van der Waals surface area contributed by atoms with Crippen molar-refractivity contribution in [2.45, 2.75) is 25.7 Å². The predicted molar refractivity (Wildman–Crippen MR) is 99.9 cm³/mol. The van der Waals surface area contributed by atoms with Crippen molar-refractivity contribution in [1.29, 1.82) is 0 Å². The van der Waals surface area contributed by atoms with Crippen molar-refractivity contribution >= 4 is 23.2 Å². The lowest BCUT2D eigenvalue weighted by molar-refractivity contribution is -0.169. The van der Waals surface area contributed by atoms with E-state index in [-0.39, 0.29) is 49.2 Å². The number of anilines is 2. The number of halogens is 2. The number of fused-ring (bicyclic) bond motifs is 2. The van der Waals surface area contributed by atoms with Crippen LogP contribution in [0.15, 0.2) is 24.3 Å². The summed E-state index contributed by atoms with van der Waals surface area (Å²) in [5.74, 6) is -1.34. The number of carbonyl (C=O) groups is 2. The summed E-state index contributed by atoms with van der Waals surface area (Å²) >= 11 is 0. The number of amides is 2. The summed E-state index contributed by atoms with van der Waals surface area (Å²) in [6.45, 7) is 0.521. The summed E-state index contributed by atoms with van der Waals surface area (Å²) in [5, 5.41) is 5.04. The number of benzene rings is 2. The molecule has 2 amide bonds. The largest absolute Gasteiger partial charge is 0.323 e. The van der Waals surface area contributed by atoms with E-state index in [1.807, 2.05) is 0 Å². The van der Waals surface area contributed by atoms with Crippen LogP contribution in [-0.4, -0.2) is 25.0 Å². The number of carbonyl (C=O) groups excluding carboxylic acids is 2. The van der Waals surface area contributed by atoms with E-state index < -0.39 is 11.6 Å². The van der Waals surface area contributed by atoms with Crippen molar-refractivity contribution in [1.82, 2.24) is 5.64 Å². The van der Waals surface area contributed by atoms with Gasteiger partial charge < -0.3 is 10.6 Å². The van der Waals surface area contributed by atoms with Crippen molar-refractivity contribution in [3.05, 3.63) is 58.2 Å². The van der Waals surface area contributed by atoms with Crippen LogP contribution in [0.1, 0.15) is 22.3 Å². The highest BCUT2D eigenvalue weighted by Gasteiger charge is 2.25. The molecule has 7 nitrogen and oxygen atoms in total. The minimum Gasteiger partial charge on any atom is -0.323 e. The number of hydrogen-bond acceptors (Lipinski definition) is 5. The van der Waals surface area contributed by atoms with Gasteiger partial charge >= 0.3 is 0 Å². The molecule has 2 heterocycles. The van der Waals surface area contributed by atoms with Crippen molar-refractivity contribution < 1.29 is 28.0 Å². The molecule has 0 radical (unpaired) electrons. The van der Waals surface area contributed by atoms with Gasteiger partial charge in [0.25, 0.3) is 0 Å². The van der Waals surface area contributed by atoms with Crippen LogP contribution in [0.2, 0.25) is 0 Å². The molecule has 0 saturated carbocycles. The number of hydrogen-bond donors (Lipinski definition) is 3. The van der Waals surface area contributed by atoms with Crippen LogP contribution in [0, 0.1) is 11.6 Å². The summed E-state index contributed by atoms with van der Waals surface area (Å²) in [4.78, 5) is 33.4. The first kappa shape index (κ1) is 19.4. The van der Waals surface area contributed by atoms with E-state index in [2.05, 4.69) is 16.3 Å². The zero-order valence-corrected chi connectivity index (χ0v) is 15.4. The standard InChI is InChI=1S/C20H19F2N3O4/c21-15-3-1-11(13-9-17(26)23-19(13)15)5-7-28-25-29-8-6-12-2-4-16(22)20-14(12)10-18(27)24-20/h1-4,25H,5-10H2,(H,23,26)(H,24,27). The van der Waals surface area contributed by atoms with E-state index in [0.717, 1.165) is 11.1 Å². The summed E-state index contributed by atoms with van der Waals surface area (Å²) in [6, 6.07) is 5.93. The van der Waals surface area contributed by atoms with Crippen molar-refractivity contribution in [3.63, 3.8) is 0 Å². The third-order valence-electron chi connectivity index (χ3n) is 4.99. The van der Waals surface area contributed by atoms with Gasteiger partial charge in [0.05, 0.1) is 37.4 Å². The lowest BCUT2D eigenvalue weighted by Crippen LogP contribution is -2.19. The van der Waals surface area contributed by atoms with E-state index in [1.54, 1.807) is 12.1 Å². The molecule has 0 atom stereocenters. The predicted octanol–water partition coefficient (Wildman–Crippen LogP) is 2.19. The van der Waals surface area contributed by atoms with Gasteiger partial charge in [0.15, 0.2) is 0 Å². The Labute approximate surface area is 165 Å². The van der Waals surface area contributed by atoms with E-state index in [1.165, 1.54) is 12.1 Å². The molecule has 2 aliphatic heterocycles. The lowest BCUT2D eigenvalue weighted by atomic mass is 10.0. The van der Waals surface area contributed by atoms with E-state index >= 15 is 0 Å². The van der Waals surface area contributed by atoms with Crippen LogP contribution < -0.4 is 16.3 Å². The van der Waals surface area contributed by atoms with E-state index in [9.17, 15) is 18.4 Å². The van der Waals surface area contributed by atoms with Gasteiger partial charge in [0.1, 0.15) is 11.6 Å². The van der Waals surface area contributed by atoms with Crippen LogP contribution >= 0.6 is 0 Å². The average molecular weight is 403 g/mol. The highest BCUT2D eigenvalue weighted by atomic mass is 19.1. The third-order valence-corrected chi connectivity index (χ3v) is 4.99. The van der Waals surface area contributed by atoms with Gasteiger partial charge in [-0.2, -0.15) is 0 Å². The van der Waals surface area contributed by atoms with Crippen molar-refractivity contribution in [2.24, 2.45) is 0 Å². The minimum absolute atomic E-state index is 0.158. The first-order valence-electron chi connectivity index (χ1n) is 9.21. The normalized spacial score (nSPS) is 14.6. The van der Waals surface area contributed by atoms with Crippen LogP contribution in [0.5, 0.6) is 0 Å². The zero-order chi connectivity index (χ0) is 20.4. The second kappa shape index (κ2) is 8.24. The van der Waals surface area contributed by atoms with E-state index in [4.69, 9.17) is 9.68 Å². The number of rotatable bonds is 8. The Morgan fingerprint density at radius 3 is 1.69 bits per heavy atom. The molecule has 9 heteroatoms. The maximum absolute atomic E-state index is 13.7. The Morgan fingerprint density at radius 1 is 0.793 bits per heavy atom. The quantitative estimate of drug-likeness (QED) is 0.465. The summed E-state index contributed by atoms with van der Waals surface area (Å²) in [5.41, 5.74) is 5.87. The third kappa shape index (κ3) is 4.12. The molecular formula is C20H19F2N3O4. The molecule has 0 aromatic heterocycles. The molecule has 2 aromatic rings. The zero-order valence-electron chi connectivity index (χ0n) is 15.4. The fourth-order valence-electron chi connectivity index (χ4n) is 3.60. The minimum atomic E-state index is -0.443. The molecule has 4 rings (SSSR count). The molecule has 29 heavy (non-hydrogen) atoms. The molecule has 0 bridgehead atoms. The molecule has 0 aliphatic carbocycles. The SMILES string of the molecule is O=C1Cc2c(CCONOCCc3ccc(F)c4c3CC(=O)N4)ccc(F)c2N1. The van der Waals surface area contributed by atoms with Crippen molar-refractivity contribution in [3.8, 4) is 0 Å². The van der Waals surface area contributed by atoms with E-state index in [0.29, 0.717) is 24.0 Å². The Kier molecular flexibility index (Phi) is 5.52. The smallest absolute Gasteiger partial charge is 0.228 e. The summed E-state index contributed by atoms with van der Waals surface area (Å²) in [6.07, 6.45) is 1.28. The Bertz CT molecular complexity index is 903. The first-order chi connectivity index (χ1) is 14.0. The van der Waals surface area contributed by atoms with Crippen LogP contribution in [-0.2, 0) is 44.9 Å². The second-order valence-corrected chi connectivity index (χ2v) is 6.85. The van der Waals surface area contributed by atoms with Gasteiger partial charge in [-0.05, 0) is 47.2 Å². The topological polar surface area (TPSA) is 88.7 Å². The highest BCUT2D eigenvalue weighted by molar-refractivity contribution is 6.00. The van der Waals surface area contributed by atoms with Gasteiger partial charge in [0.2, 0.25) is 11.8 Å². The molecule has 152 valence electrons. The Balaban J connectivity index is 1.21. The lowest BCUT2D eigenvalue weighted by Gasteiger charge is -2.10. The van der Waals surface area contributed by atoms with Gasteiger partial charge in [0, 0.05) is 0 Å². The molecule has 2 aromatic carbocycles. The van der Waals surface area contributed by atoms with Crippen LogP contribution in [0.3, 0.4) is 0 Å². The molecule has 2 aliphatic rings. The second-order valence-electron chi connectivity index (χ2n) is 6.85. The monoisotopic (exact) mass is 403 g/mol. The summed E-state index contributed by atoms with van der Waals surface area (Å²) in [7, 11) is 0. The highest BCUT2D eigenvalue weighted by Crippen LogP contribution is 2.30. The van der Waals surface area contributed by atoms with Gasteiger partial charge in [-0.25, -0.2) is 8.78 Å². The maximum atomic E-state index is 13.7. The van der Waals surface area contributed by atoms with Gasteiger partial charge in [-0.1, -0.05) is 17.8 Å². The fraction of sp³-hybridized carbons (Fsp3) is 0.300. The summed E-state index contributed by atoms with van der Waals surface area (Å²) < 4.78 is 27.4. The first-order valence-corrected chi connectivity index (χ1v) is 9.21. The molecule has 0 unspecified atom stereocenters. The average Bonchev–Trinajstić information content (AvgIpc) is 3.28. The van der Waals surface area contributed by atoms with Crippen LogP contribution in [0.4, 0.5) is 20.2 Å². The Morgan fingerprint density at radius 2 is 1.24 bits per heavy atom. The van der Waals surface area contributed by atoms with Crippen molar-refractivity contribution in [2.75, 3.05) is 23.8 Å². The maximum Gasteiger partial charge on any atom is 0.228 e.